The summed E-state index contributed by atoms with van der Waals surface area (Å²) in [5.74, 6) is 0.654. The summed E-state index contributed by atoms with van der Waals surface area (Å²) < 4.78 is 19.1. The smallest absolute Gasteiger partial charge is 0.139 e. The Morgan fingerprint density at radius 1 is 1.10 bits per heavy atom. The van der Waals surface area contributed by atoms with Crippen LogP contribution in [0.5, 0.6) is 5.75 Å². The third-order valence-corrected chi connectivity index (χ3v) is 3.72. The maximum atomic E-state index is 13.4. The first kappa shape index (κ1) is 11.3. The summed E-state index contributed by atoms with van der Waals surface area (Å²) in [7, 11) is 0. The lowest BCUT2D eigenvalue weighted by Crippen LogP contribution is -2.06. The largest absolute Gasteiger partial charge is 0.464 e. The first-order chi connectivity index (χ1) is 9.83. The summed E-state index contributed by atoms with van der Waals surface area (Å²) in [5.41, 5.74) is 3.03. The molecule has 0 aliphatic carbocycles. The average Bonchev–Trinajstić information content (AvgIpc) is 2.95. The van der Waals surface area contributed by atoms with Crippen molar-refractivity contribution in [2.24, 2.45) is 0 Å². The molecule has 0 radical (unpaired) electrons. The van der Waals surface area contributed by atoms with Gasteiger partial charge in [0, 0.05) is 28.6 Å². The number of rotatable bonds is 1. The van der Waals surface area contributed by atoms with E-state index in [0.29, 0.717) is 0 Å². The molecule has 1 aliphatic heterocycles. The van der Waals surface area contributed by atoms with Crippen LogP contribution in [0, 0.1) is 5.82 Å². The van der Waals surface area contributed by atoms with Gasteiger partial charge in [0.2, 0.25) is 0 Å². The molecule has 2 aromatic carbocycles. The molecule has 2 nitrogen and oxygen atoms in total. The van der Waals surface area contributed by atoms with E-state index in [4.69, 9.17) is 4.74 Å². The number of ether oxygens (including phenoxy) is 1. The van der Waals surface area contributed by atoms with Gasteiger partial charge in [-0.05, 0) is 35.9 Å². The van der Waals surface area contributed by atoms with Gasteiger partial charge in [-0.25, -0.2) is 4.39 Å². The first-order valence-corrected chi connectivity index (χ1v) is 6.52. The van der Waals surface area contributed by atoms with Crippen molar-refractivity contribution in [3.05, 3.63) is 77.9 Å². The van der Waals surface area contributed by atoms with Gasteiger partial charge in [-0.1, -0.05) is 18.2 Å². The maximum Gasteiger partial charge on any atom is 0.139 e. The summed E-state index contributed by atoms with van der Waals surface area (Å²) in [6.07, 6.45) is 5.53. The molecule has 0 fully saturated rings. The zero-order valence-electron chi connectivity index (χ0n) is 10.6. The van der Waals surface area contributed by atoms with Gasteiger partial charge in [0.05, 0.1) is 6.26 Å². The highest BCUT2D eigenvalue weighted by molar-refractivity contribution is 5.88. The Morgan fingerprint density at radius 3 is 2.95 bits per heavy atom. The molecule has 20 heavy (non-hydrogen) atoms. The van der Waals surface area contributed by atoms with E-state index in [2.05, 4.69) is 4.98 Å². The van der Waals surface area contributed by atoms with Crippen LogP contribution in [0.2, 0.25) is 0 Å². The Bertz CT molecular complexity index is 819. The van der Waals surface area contributed by atoms with Crippen LogP contribution in [0.25, 0.3) is 10.9 Å². The molecular formula is C17H12FNO. The van der Waals surface area contributed by atoms with Gasteiger partial charge >= 0.3 is 0 Å². The van der Waals surface area contributed by atoms with Gasteiger partial charge in [0.25, 0.3) is 0 Å². The minimum absolute atomic E-state index is 0.0220. The number of H-pyrrole nitrogens is 1. The number of aromatic amines is 1. The van der Waals surface area contributed by atoms with Crippen LogP contribution < -0.4 is 4.74 Å². The Morgan fingerprint density at radius 2 is 2.05 bits per heavy atom. The molecule has 3 aromatic rings. The quantitative estimate of drug-likeness (QED) is 0.695. The zero-order valence-corrected chi connectivity index (χ0v) is 10.6. The minimum Gasteiger partial charge on any atom is -0.464 e. The highest BCUT2D eigenvalue weighted by Gasteiger charge is 2.21. The Labute approximate surface area is 115 Å². The molecule has 1 atom stereocenters. The first-order valence-electron chi connectivity index (χ1n) is 6.52. The van der Waals surface area contributed by atoms with E-state index in [0.717, 1.165) is 27.8 Å². The lowest BCUT2D eigenvalue weighted by Gasteiger charge is -2.22. The fourth-order valence-electron chi connectivity index (χ4n) is 2.78. The number of halogens is 1. The second kappa shape index (κ2) is 4.23. The van der Waals surface area contributed by atoms with E-state index in [1.807, 2.05) is 36.5 Å². The molecule has 1 N–H and O–H groups in total. The van der Waals surface area contributed by atoms with Gasteiger partial charge in [0.15, 0.2) is 0 Å². The SMILES string of the molecule is Fc1cccc(C2C=COc3c2ccc2[nH]ccc32)c1. The van der Waals surface area contributed by atoms with E-state index in [1.54, 1.807) is 18.4 Å². The van der Waals surface area contributed by atoms with E-state index in [1.165, 1.54) is 6.07 Å². The van der Waals surface area contributed by atoms with E-state index in [9.17, 15) is 4.39 Å². The molecule has 3 heteroatoms. The van der Waals surface area contributed by atoms with E-state index >= 15 is 0 Å². The molecule has 1 aromatic heterocycles. The molecule has 4 rings (SSSR count). The van der Waals surface area contributed by atoms with Crippen molar-refractivity contribution in [2.45, 2.75) is 5.92 Å². The van der Waals surface area contributed by atoms with Crippen molar-refractivity contribution >= 4 is 10.9 Å². The average molecular weight is 265 g/mol. The van der Waals surface area contributed by atoms with Crippen molar-refractivity contribution in [3.63, 3.8) is 0 Å². The molecule has 0 spiro atoms. The molecule has 0 amide bonds. The summed E-state index contributed by atoms with van der Waals surface area (Å²) in [6, 6.07) is 12.8. The number of hydrogen-bond donors (Lipinski definition) is 1. The highest BCUT2D eigenvalue weighted by Crippen LogP contribution is 2.40. The van der Waals surface area contributed by atoms with E-state index < -0.39 is 0 Å². The lowest BCUT2D eigenvalue weighted by molar-refractivity contribution is 0.464. The molecule has 1 unspecified atom stereocenters. The predicted molar refractivity (Wildman–Crippen MR) is 76.3 cm³/mol. The zero-order chi connectivity index (χ0) is 13.5. The summed E-state index contributed by atoms with van der Waals surface area (Å²) in [5, 5.41) is 1.05. The standard InChI is InChI=1S/C17H12FNO/c18-12-3-1-2-11(10-12)13-7-9-20-17-14(13)4-5-16-15(17)6-8-19-16/h1-10,13,19H. The Balaban J connectivity index is 1.92. The van der Waals surface area contributed by atoms with Crippen LogP contribution in [0.15, 0.2) is 61.0 Å². The third kappa shape index (κ3) is 1.63. The Kier molecular flexibility index (Phi) is 2.39. The van der Waals surface area contributed by atoms with Crippen LogP contribution >= 0.6 is 0 Å². The second-order valence-corrected chi connectivity index (χ2v) is 4.90. The molecule has 98 valence electrons. The van der Waals surface area contributed by atoms with Crippen molar-refractivity contribution in [2.75, 3.05) is 0 Å². The number of nitrogens with one attached hydrogen (secondary N) is 1. The van der Waals surface area contributed by atoms with Gasteiger partial charge in [-0.15, -0.1) is 0 Å². The predicted octanol–water partition coefficient (Wildman–Crippen LogP) is 4.35. The number of aromatic nitrogens is 1. The van der Waals surface area contributed by atoms with Gasteiger partial charge in [0.1, 0.15) is 11.6 Å². The number of allylic oxidation sites excluding steroid dienone is 1. The van der Waals surface area contributed by atoms with Gasteiger partial charge in [-0.3, -0.25) is 0 Å². The molecular weight excluding hydrogens is 253 g/mol. The monoisotopic (exact) mass is 265 g/mol. The lowest BCUT2D eigenvalue weighted by atomic mass is 9.89. The normalized spacial score (nSPS) is 16.9. The third-order valence-electron chi connectivity index (χ3n) is 3.72. The molecule has 0 saturated carbocycles. The van der Waals surface area contributed by atoms with Crippen LogP contribution in [0.3, 0.4) is 0 Å². The van der Waals surface area contributed by atoms with Crippen molar-refractivity contribution in [1.29, 1.82) is 0 Å². The molecule has 2 heterocycles. The fourth-order valence-corrected chi connectivity index (χ4v) is 2.78. The summed E-state index contributed by atoms with van der Waals surface area (Å²) >= 11 is 0. The topological polar surface area (TPSA) is 25.0 Å². The van der Waals surface area contributed by atoms with Crippen LogP contribution in [-0.2, 0) is 0 Å². The number of benzene rings is 2. The Hall–Kier alpha value is -2.55. The van der Waals surface area contributed by atoms with Crippen LogP contribution in [0.4, 0.5) is 4.39 Å². The van der Waals surface area contributed by atoms with Crippen molar-refractivity contribution in [3.8, 4) is 5.75 Å². The number of hydrogen-bond acceptors (Lipinski definition) is 1. The van der Waals surface area contributed by atoms with Gasteiger partial charge < -0.3 is 9.72 Å². The van der Waals surface area contributed by atoms with Crippen molar-refractivity contribution < 1.29 is 9.13 Å². The summed E-state index contributed by atoms with van der Waals surface area (Å²) in [6.45, 7) is 0. The maximum absolute atomic E-state index is 13.4. The second-order valence-electron chi connectivity index (χ2n) is 4.90. The van der Waals surface area contributed by atoms with Crippen LogP contribution in [0.1, 0.15) is 17.0 Å². The summed E-state index contributed by atoms with van der Waals surface area (Å²) in [4.78, 5) is 3.17. The number of fused-ring (bicyclic) bond motifs is 3. The van der Waals surface area contributed by atoms with Crippen molar-refractivity contribution in [1.82, 2.24) is 4.98 Å². The molecule has 0 saturated heterocycles. The molecule has 0 bridgehead atoms. The van der Waals surface area contributed by atoms with Gasteiger partial charge in [-0.2, -0.15) is 0 Å². The van der Waals surface area contributed by atoms with E-state index in [-0.39, 0.29) is 11.7 Å². The highest BCUT2D eigenvalue weighted by atomic mass is 19.1. The minimum atomic E-state index is -0.216. The fraction of sp³-hybridized carbons (Fsp3) is 0.0588. The van der Waals surface area contributed by atoms with Crippen LogP contribution in [-0.4, -0.2) is 4.98 Å². The molecule has 1 aliphatic rings.